The van der Waals surface area contributed by atoms with Crippen molar-refractivity contribution in [2.75, 3.05) is 17.2 Å². The second kappa shape index (κ2) is 6.36. The first-order chi connectivity index (χ1) is 8.82. The number of anilines is 2. The summed E-state index contributed by atoms with van der Waals surface area (Å²) < 4.78 is 0. The minimum absolute atomic E-state index is 0.244. The fraction of sp³-hybridized carbons (Fsp3) is 0.615. The van der Waals surface area contributed by atoms with E-state index in [9.17, 15) is 4.79 Å². The molecule has 6 nitrogen and oxygen atoms in total. The number of aryl methyl sites for hydroxylation is 1. The van der Waals surface area contributed by atoms with E-state index in [1.54, 1.807) is 0 Å². The van der Waals surface area contributed by atoms with Gasteiger partial charge >= 0.3 is 0 Å². The molecule has 0 spiro atoms. The number of hydrogen-bond acceptors (Lipinski definition) is 5. The molecule has 0 bridgehead atoms. The van der Waals surface area contributed by atoms with E-state index in [4.69, 9.17) is 5.73 Å². The highest BCUT2D eigenvalue weighted by Gasteiger charge is 2.21. The first-order valence-corrected chi connectivity index (χ1v) is 6.48. The van der Waals surface area contributed by atoms with Gasteiger partial charge in [0.05, 0.1) is 0 Å². The van der Waals surface area contributed by atoms with Gasteiger partial charge in [-0.15, -0.1) is 0 Å². The Morgan fingerprint density at radius 3 is 2.68 bits per heavy atom. The van der Waals surface area contributed by atoms with E-state index in [0.29, 0.717) is 11.8 Å². The van der Waals surface area contributed by atoms with E-state index >= 15 is 0 Å². The minimum atomic E-state index is -0.436. The van der Waals surface area contributed by atoms with Crippen molar-refractivity contribution in [2.45, 2.75) is 46.1 Å². The smallest absolute Gasteiger partial charge is 0.224 e. The van der Waals surface area contributed by atoms with Crippen molar-refractivity contribution < 1.29 is 4.79 Å². The summed E-state index contributed by atoms with van der Waals surface area (Å²) in [5.74, 6) is 0.948. The van der Waals surface area contributed by atoms with Gasteiger partial charge in [-0.2, -0.15) is 4.98 Å². The van der Waals surface area contributed by atoms with Crippen LogP contribution in [0.1, 0.15) is 39.3 Å². The monoisotopic (exact) mass is 265 g/mol. The fourth-order valence-corrected chi connectivity index (χ4v) is 1.77. The number of nitrogens with two attached hydrogens (primary N) is 1. The summed E-state index contributed by atoms with van der Waals surface area (Å²) in [6.07, 6.45) is 1.25. The predicted octanol–water partition coefficient (Wildman–Crippen LogP) is 1.67. The van der Waals surface area contributed by atoms with Gasteiger partial charge in [0.1, 0.15) is 5.82 Å². The van der Waals surface area contributed by atoms with Crippen LogP contribution in [0.3, 0.4) is 0 Å². The van der Waals surface area contributed by atoms with Crippen LogP contribution in [-0.4, -0.2) is 28.0 Å². The van der Waals surface area contributed by atoms with Gasteiger partial charge in [0.25, 0.3) is 0 Å². The summed E-state index contributed by atoms with van der Waals surface area (Å²) in [6, 6.07) is 1.85. The molecule has 0 aliphatic heterocycles. The molecule has 0 aliphatic carbocycles. The molecule has 0 fully saturated rings. The minimum Gasteiger partial charge on any atom is -0.370 e. The van der Waals surface area contributed by atoms with Crippen LogP contribution in [0, 0.1) is 6.92 Å². The van der Waals surface area contributed by atoms with Crippen LogP contribution in [0.5, 0.6) is 0 Å². The lowest BCUT2D eigenvalue weighted by molar-refractivity contribution is -0.118. The predicted molar refractivity (Wildman–Crippen MR) is 77.1 cm³/mol. The van der Waals surface area contributed by atoms with Crippen LogP contribution in [0.2, 0.25) is 0 Å². The number of nitrogens with one attached hydrogen (secondary N) is 2. The Morgan fingerprint density at radius 1 is 1.42 bits per heavy atom. The summed E-state index contributed by atoms with van der Waals surface area (Å²) in [7, 11) is 0. The first-order valence-electron chi connectivity index (χ1n) is 6.48. The van der Waals surface area contributed by atoms with Crippen molar-refractivity contribution in [3.05, 3.63) is 11.8 Å². The van der Waals surface area contributed by atoms with Crippen molar-refractivity contribution in [1.82, 2.24) is 9.97 Å². The fourth-order valence-electron chi connectivity index (χ4n) is 1.77. The van der Waals surface area contributed by atoms with E-state index in [2.05, 4.69) is 27.5 Å². The molecule has 1 aromatic rings. The maximum atomic E-state index is 11.0. The van der Waals surface area contributed by atoms with Gasteiger partial charge in [-0.1, -0.05) is 6.92 Å². The first kappa shape index (κ1) is 15.2. The van der Waals surface area contributed by atoms with E-state index < -0.39 is 5.54 Å². The molecule has 4 N–H and O–H groups in total. The van der Waals surface area contributed by atoms with Gasteiger partial charge in [0.2, 0.25) is 11.9 Å². The molecule has 1 amide bonds. The lowest BCUT2D eigenvalue weighted by atomic mass is 10.0. The Kier molecular flexibility index (Phi) is 5.09. The average molecular weight is 265 g/mol. The van der Waals surface area contributed by atoms with Crippen molar-refractivity contribution >= 4 is 17.7 Å². The average Bonchev–Trinajstić information content (AvgIpc) is 2.22. The molecule has 0 atom stereocenters. The summed E-state index contributed by atoms with van der Waals surface area (Å²) >= 11 is 0. The zero-order valence-corrected chi connectivity index (χ0v) is 12.1. The van der Waals surface area contributed by atoms with E-state index in [1.807, 2.05) is 26.8 Å². The van der Waals surface area contributed by atoms with Crippen molar-refractivity contribution in [3.8, 4) is 0 Å². The van der Waals surface area contributed by atoms with Crippen LogP contribution in [-0.2, 0) is 4.79 Å². The van der Waals surface area contributed by atoms with E-state index in [0.717, 1.165) is 18.7 Å². The molecule has 19 heavy (non-hydrogen) atoms. The maximum absolute atomic E-state index is 11.0. The van der Waals surface area contributed by atoms with Gasteiger partial charge < -0.3 is 16.4 Å². The molecule has 1 aromatic heterocycles. The van der Waals surface area contributed by atoms with Gasteiger partial charge in [-0.05, 0) is 27.2 Å². The highest BCUT2D eigenvalue weighted by atomic mass is 16.1. The molecule has 0 saturated carbocycles. The SMILES string of the molecule is CCCNc1nc(C)cc(NC(C)(C)CC(N)=O)n1. The number of aromatic nitrogens is 2. The zero-order chi connectivity index (χ0) is 14.5. The van der Waals surface area contributed by atoms with Crippen LogP contribution >= 0.6 is 0 Å². The highest BCUT2D eigenvalue weighted by Crippen LogP contribution is 2.18. The third kappa shape index (κ3) is 5.54. The highest BCUT2D eigenvalue weighted by molar-refractivity contribution is 5.75. The normalized spacial score (nSPS) is 11.2. The van der Waals surface area contributed by atoms with Crippen molar-refractivity contribution in [2.24, 2.45) is 5.73 Å². The molecule has 1 rings (SSSR count). The molecule has 106 valence electrons. The van der Waals surface area contributed by atoms with Crippen LogP contribution in [0.15, 0.2) is 6.07 Å². The molecule has 0 radical (unpaired) electrons. The molecule has 0 saturated heterocycles. The molecule has 0 aromatic carbocycles. The van der Waals surface area contributed by atoms with Crippen LogP contribution in [0.4, 0.5) is 11.8 Å². The summed E-state index contributed by atoms with van der Waals surface area (Å²) in [6.45, 7) is 8.64. The standard InChI is InChI=1S/C13H23N5O/c1-5-6-15-12-16-9(2)7-11(17-12)18-13(3,4)8-10(14)19/h7H,5-6,8H2,1-4H3,(H2,14,19)(H2,15,16,17,18). The summed E-state index contributed by atoms with van der Waals surface area (Å²) in [5.41, 5.74) is 5.66. The summed E-state index contributed by atoms with van der Waals surface area (Å²) in [4.78, 5) is 19.7. The summed E-state index contributed by atoms with van der Waals surface area (Å²) in [5, 5.41) is 6.36. The van der Waals surface area contributed by atoms with Crippen molar-refractivity contribution in [1.29, 1.82) is 0 Å². The Labute approximate surface area is 114 Å². The second-order valence-corrected chi connectivity index (χ2v) is 5.30. The number of amides is 1. The van der Waals surface area contributed by atoms with Gasteiger partial charge in [0, 0.05) is 30.3 Å². The zero-order valence-electron chi connectivity index (χ0n) is 12.1. The van der Waals surface area contributed by atoms with E-state index in [-0.39, 0.29) is 12.3 Å². The van der Waals surface area contributed by atoms with Gasteiger partial charge in [-0.25, -0.2) is 4.98 Å². The lowest BCUT2D eigenvalue weighted by Gasteiger charge is -2.25. The Morgan fingerprint density at radius 2 is 2.11 bits per heavy atom. The number of hydrogen-bond donors (Lipinski definition) is 3. The van der Waals surface area contributed by atoms with E-state index in [1.165, 1.54) is 0 Å². The number of carbonyl (C=O) groups is 1. The van der Waals surface area contributed by atoms with Gasteiger partial charge in [0.15, 0.2) is 0 Å². The molecule has 1 heterocycles. The Hall–Kier alpha value is -1.85. The molecular weight excluding hydrogens is 242 g/mol. The Balaban J connectivity index is 2.82. The number of nitrogens with zero attached hydrogens (tertiary/aromatic N) is 2. The Bertz CT molecular complexity index is 445. The molecule has 6 heteroatoms. The van der Waals surface area contributed by atoms with Crippen molar-refractivity contribution in [3.63, 3.8) is 0 Å². The van der Waals surface area contributed by atoms with Gasteiger partial charge in [-0.3, -0.25) is 4.79 Å². The number of rotatable bonds is 7. The largest absolute Gasteiger partial charge is 0.370 e. The lowest BCUT2D eigenvalue weighted by Crippen LogP contribution is -2.36. The number of primary amides is 1. The third-order valence-electron chi connectivity index (χ3n) is 2.47. The van der Waals surface area contributed by atoms with Crippen LogP contribution in [0.25, 0.3) is 0 Å². The number of carbonyl (C=O) groups excluding carboxylic acids is 1. The quantitative estimate of drug-likeness (QED) is 0.697. The molecule has 0 aliphatic rings. The second-order valence-electron chi connectivity index (χ2n) is 5.30. The van der Waals surface area contributed by atoms with Crippen LogP contribution < -0.4 is 16.4 Å². The maximum Gasteiger partial charge on any atom is 0.224 e. The topological polar surface area (TPSA) is 92.9 Å². The molecule has 0 unspecified atom stereocenters. The third-order valence-corrected chi connectivity index (χ3v) is 2.47. The molecular formula is C13H23N5O.